The third kappa shape index (κ3) is 6.19. The molecular formula is C18H25NO4. The number of ether oxygens (including phenoxy) is 3. The number of aliphatic hydroxyl groups excluding tert-OH is 1. The van der Waals surface area contributed by atoms with Crippen LogP contribution in [0.2, 0.25) is 0 Å². The number of aromatic nitrogens is 1. The van der Waals surface area contributed by atoms with Crippen molar-refractivity contribution < 1.29 is 19.3 Å². The molecule has 23 heavy (non-hydrogen) atoms. The van der Waals surface area contributed by atoms with Crippen molar-refractivity contribution in [3.8, 4) is 17.6 Å². The highest BCUT2D eigenvalue weighted by atomic mass is 16.5. The average Bonchev–Trinajstić information content (AvgIpc) is 2.49. The summed E-state index contributed by atoms with van der Waals surface area (Å²) in [6, 6.07) is 3.72. The number of pyridine rings is 1. The van der Waals surface area contributed by atoms with E-state index in [1.54, 1.807) is 6.20 Å². The van der Waals surface area contributed by atoms with E-state index in [-0.39, 0.29) is 24.9 Å². The van der Waals surface area contributed by atoms with Crippen LogP contribution in [-0.4, -0.2) is 47.7 Å². The summed E-state index contributed by atoms with van der Waals surface area (Å²) in [6.45, 7) is 6.23. The molecule has 5 heteroatoms. The summed E-state index contributed by atoms with van der Waals surface area (Å²) >= 11 is 0. The second-order valence-electron chi connectivity index (χ2n) is 5.90. The predicted octanol–water partition coefficient (Wildman–Crippen LogP) is 2.17. The molecule has 1 heterocycles. The first-order valence-corrected chi connectivity index (χ1v) is 8.09. The molecule has 0 aliphatic heterocycles. The van der Waals surface area contributed by atoms with Crippen molar-refractivity contribution in [3.05, 3.63) is 24.0 Å². The Morgan fingerprint density at radius 3 is 2.65 bits per heavy atom. The average molecular weight is 319 g/mol. The number of hydrogen-bond donors (Lipinski definition) is 1. The molecule has 1 unspecified atom stereocenters. The number of aliphatic hydroxyl groups is 1. The summed E-state index contributed by atoms with van der Waals surface area (Å²) in [7, 11) is 0. The summed E-state index contributed by atoms with van der Waals surface area (Å²) in [6.07, 6.45) is 4.12. The van der Waals surface area contributed by atoms with Crippen LogP contribution in [0.3, 0.4) is 0 Å². The van der Waals surface area contributed by atoms with Crippen molar-refractivity contribution >= 4 is 0 Å². The first-order valence-electron chi connectivity index (χ1n) is 8.09. The fourth-order valence-corrected chi connectivity index (χ4v) is 2.27. The molecule has 0 amide bonds. The second-order valence-corrected chi connectivity index (χ2v) is 5.90. The quantitative estimate of drug-likeness (QED) is 0.781. The fourth-order valence-electron chi connectivity index (χ4n) is 2.27. The molecule has 5 nitrogen and oxygen atoms in total. The van der Waals surface area contributed by atoms with E-state index in [0.29, 0.717) is 18.4 Å². The Labute approximate surface area is 138 Å². The Bertz CT molecular complexity index is 526. The van der Waals surface area contributed by atoms with Gasteiger partial charge in [0, 0.05) is 12.8 Å². The Morgan fingerprint density at radius 1 is 1.26 bits per heavy atom. The number of hydrogen-bond acceptors (Lipinski definition) is 5. The minimum atomic E-state index is -0.229. The smallest absolute Gasteiger partial charge is 0.138 e. The Hall–Kier alpha value is -1.61. The van der Waals surface area contributed by atoms with Crippen LogP contribution < -0.4 is 4.74 Å². The third-order valence-corrected chi connectivity index (χ3v) is 3.42. The van der Waals surface area contributed by atoms with Gasteiger partial charge in [0.25, 0.3) is 0 Å². The Morgan fingerprint density at radius 2 is 2.04 bits per heavy atom. The maximum Gasteiger partial charge on any atom is 0.138 e. The van der Waals surface area contributed by atoms with Crippen molar-refractivity contribution in [3.63, 3.8) is 0 Å². The van der Waals surface area contributed by atoms with Crippen molar-refractivity contribution in [2.45, 2.75) is 58.0 Å². The van der Waals surface area contributed by atoms with Gasteiger partial charge >= 0.3 is 0 Å². The Kier molecular flexibility index (Phi) is 6.85. The largest absolute Gasteiger partial charge is 0.489 e. The minimum absolute atomic E-state index is 0.000534. The molecule has 0 aromatic carbocycles. The van der Waals surface area contributed by atoms with Crippen LogP contribution in [0.4, 0.5) is 0 Å². The maximum atomic E-state index is 8.68. The van der Waals surface area contributed by atoms with Gasteiger partial charge in [-0.1, -0.05) is 5.92 Å². The van der Waals surface area contributed by atoms with E-state index >= 15 is 0 Å². The zero-order valence-corrected chi connectivity index (χ0v) is 14.0. The minimum Gasteiger partial charge on any atom is -0.489 e. The molecular weight excluding hydrogens is 294 g/mol. The predicted molar refractivity (Wildman–Crippen MR) is 87.3 cm³/mol. The molecule has 126 valence electrons. The van der Waals surface area contributed by atoms with Crippen LogP contribution in [0.5, 0.6) is 5.75 Å². The first kappa shape index (κ1) is 17.7. The molecule has 1 aromatic rings. The van der Waals surface area contributed by atoms with Crippen LogP contribution in [-0.2, 0) is 9.47 Å². The van der Waals surface area contributed by atoms with E-state index in [2.05, 4.69) is 16.8 Å². The molecule has 0 spiro atoms. The van der Waals surface area contributed by atoms with Gasteiger partial charge in [-0.3, -0.25) is 0 Å². The highest BCUT2D eigenvalue weighted by Gasteiger charge is 2.32. The third-order valence-electron chi connectivity index (χ3n) is 3.42. The van der Waals surface area contributed by atoms with Gasteiger partial charge in [-0.05, 0) is 38.8 Å². The van der Waals surface area contributed by atoms with E-state index in [4.69, 9.17) is 19.3 Å². The molecule has 2 rings (SSSR count). The number of rotatable bonds is 7. The molecule has 1 aliphatic carbocycles. The molecule has 0 bridgehead atoms. The van der Waals surface area contributed by atoms with E-state index in [0.717, 1.165) is 18.6 Å². The zero-order chi connectivity index (χ0) is 16.7. The van der Waals surface area contributed by atoms with Gasteiger partial charge in [-0.15, -0.1) is 0 Å². The van der Waals surface area contributed by atoms with E-state index in [9.17, 15) is 0 Å². The highest BCUT2D eigenvalue weighted by Crippen LogP contribution is 2.28. The normalized spacial score (nSPS) is 21.3. The van der Waals surface area contributed by atoms with Gasteiger partial charge in [-0.2, -0.15) is 0 Å². The number of nitrogens with zero attached hydrogens (tertiary/aromatic N) is 1. The molecule has 1 aliphatic rings. The van der Waals surface area contributed by atoms with Gasteiger partial charge in [0.1, 0.15) is 23.7 Å². The van der Waals surface area contributed by atoms with Crippen LogP contribution >= 0.6 is 0 Å². The summed E-state index contributed by atoms with van der Waals surface area (Å²) in [5.74, 6) is 6.64. The molecule has 0 saturated heterocycles. The van der Waals surface area contributed by atoms with Crippen LogP contribution in [0, 0.1) is 11.8 Å². The molecule has 1 aromatic heterocycles. The van der Waals surface area contributed by atoms with Gasteiger partial charge in [0.15, 0.2) is 0 Å². The topological polar surface area (TPSA) is 60.8 Å². The van der Waals surface area contributed by atoms with Crippen LogP contribution in [0.15, 0.2) is 18.3 Å². The SMILES string of the molecule is CC(C)OC1CC(Oc2ccc(C#CC(C)OCCO)nc2)C1. The lowest BCUT2D eigenvalue weighted by Gasteiger charge is -2.36. The van der Waals surface area contributed by atoms with Crippen molar-refractivity contribution in [2.75, 3.05) is 13.2 Å². The maximum absolute atomic E-state index is 8.68. The molecule has 1 saturated carbocycles. The van der Waals surface area contributed by atoms with Crippen molar-refractivity contribution in [1.29, 1.82) is 0 Å². The standard InChI is InChI=1S/C18H25NO4/c1-13(2)22-17-10-18(11-17)23-16-7-6-15(19-12-16)5-4-14(3)21-9-8-20/h6-7,12-14,17-18,20H,8-11H2,1-3H3. The van der Waals surface area contributed by atoms with Gasteiger partial charge < -0.3 is 19.3 Å². The van der Waals surface area contributed by atoms with E-state index < -0.39 is 0 Å². The molecule has 0 radical (unpaired) electrons. The van der Waals surface area contributed by atoms with Crippen LogP contribution in [0.1, 0.15) is 39.3 Å². The second kappa shape index (κ2) is 8.88. The molecule has 1 atom stereocenters. The van der Waals surface area contributed by atoms with Gasteiger partial charge in [0.05, 0.1) is 31.6 Å². The monoisotopic (exact) mass is 319 g/mol. The zero-order valence-electron chi connectivity index (χ0n) is 14.0. The molecule has 1 N–H and O–H groups in total. The van der Waals surface area contributed by atoms with Gasteiger partial charge in [-0.25, -0.2) is 4.98 Å². The summed E-state index contributed by atoms with van der Waals surface area (Å²) in [5.41, 5.74) is 0.673. The summed E-state index contributed by atoms with van der Waals surface area (Å²) < 4.78 is 16.8. The highest BCUT2D eigenvalue weighted by molar-refractivity contribution is 5.32. The van der Waals surface area contributed by atoms with Crippen molar-refractivity contribution in [1.82, 2.24) is 4.98 Å². The van der Waals surface area contributed by atoms with Gasteiger partial charge in [0.2, 0.25) is 0 Å². The van der Waals surface area contributed by atoms with Crippen LogP contribution in [0.25, 0.3) is 0 Å². The molecule has 1 fully saturated rings. The summed E-state index contributed by atoms with van der Waals surface area (Å²) in [4.78, 5) is 4.27. The lowest BCUT2D eigenvalue weighted by atomic mass is 9.92. The lowest BCUT2D eigenvalue weighted by molar-refractivity contribution is -0.0850. The van der Waals surface area contributed by atoms with Crippen molar-refractivity contribution in [2.24, 2.45) is 0 Å². The Balaban J connectivity index is 1.76. The first-order chi connectivity index (χ1) is 11.1. The summed E-state index contributed by atoms with van der Waals surface area (Å²) in [5, 5.41) is 8.68. The van der Waals surface area contributed by atoms with E-state index in [1.807, 2.05) is 32.9 Å². The van der Waals surface area contributed by atoms with E-state index in [1.165, 1.54) is 0 Å². The lowest BCUT2D eigenvalue weighted by Crippen LogP contribution is -2.40. The fraction of sp³-hybridized carbons (Fsp3) is 0.611.